The minimum atomic E-state index is 0. The Morgan fingerprint density at radius 3 is 2.00 bits per heavy atom. The van der Waals surface area contributed by atoms with Gasteiger partial charge in [0.05, 0.1) is 0 Å². The topological polar surface area (TPSA) is 23.8 Å². The average Bonchev–Trinajstić information content (AvgIpc) is 1.65. The van der Waals surface area contributed by atoms with E-state index in [9.17, 15) is 0 Å². The first-order chi connectivity index (χ1) is 2.81. The summed E-state index contributed by atoms with van der Waals surface area (Å²) in [5.41, 5.74) is 6.73. The molecule has 0 aliphatic carbocycles. The molecule has 1 nitrogen and oxygen atoms in total. The summed E-state index contributed by atoms with van der Waals surface area (Å²) in [5.74, 6) is 0. The maximum absolute atomic E-state index is 6.73. The van der Waals surface area contributed by atoms with Gasteiger partial charge in [0.25, 0.3) is 0 Å². The normalized spacial score (nSPS) is 12.4. The molecule has 0 radical (unpaired) electrons. The number of halogens is 2. The Morgan fingerprint density at radius 2 is 2.00 bits per heavy atom. The molecule has 0 aliphatic heterocycles. The van der Waals surface area contributed by atoms with Gasteiger partial charge in [-0.15, -0.1) is 6.54 Å². The smallest absolute Gasteiger partial charge is 0.676 e. The minimum Gasteiger partial charge on any atom is -0.676 e. The molecule has 1 atom stereocenters. The largest absolute Gasteiger partial charge is 1.00 e. The summed E-state index contributed by atoms with van der Waals surface area (Å²) in [4.78, 5) is 0.331. The van der Waals surface area contributed by atoms with Gasteiger partial charge < -0.3 is 5.73 Å². The van der Waals surface area contributed by atoms with E-state index in [0.717, 1.165) is 5.33 Å². The van der Waals surface area contributed by atoms with Crippen molar-refractivity contribution in [1.82, 2.24) is 0 Å². The number of alkyl halides is 2. The molecule has 0 fully saturated rings. The second-order valence-electron chi connectivity index (χ2n) is 0.956. The van der Waals surface area contributed by atoms with Crippen LogP contribution in [0.1, 0.15) is 0 Å². The van der Waals surface area contributed by atoms with Gasteiger partial charge in [-0.3, -0.25) is 0 Å². The molecule has 0 aromatic rings. The van der Waals surface area contributed by atoms with Crippen LogP contribution in [0.25, 0.3) is 5.73 Å². The molecule has 0 spiro atoms. The Balaban J connectivity index is 0. The zero-order chi connectivity index (χ0) is 4.99. The van der Waals surface area contributed by atoms with Crippen molar-refractivity contribution in [2.24, 2.45) is 0 Å². The van der Waals surface area contributed by atoms with Crippen molar-refractivity contribution in [2.45, 2.75) is 4.83 Å². The third-order valence-corrected chi connectivity index (χ3v) is 2.69. The Kier molecular flexibility index (Phi) is 12.2. The van der Waals surface area contributed by atoms with E-state index < -0.39 is 0 Å². The molecule has 0 saturated carbocycles. The summed E-state index contributed by atoms with van der Waals surface area (Å²) >= 11 is 6.45. The molecule has 0 bridgehead atoms. The fourth-order valence-corrected chi connectivity index (χ4v) is 0.283. The second-order valence-corrected chi connectivity index (χ2v) is 2.90. The molecule has 0 aliphatic rings. The average molecular weight is 223 g/mol. The Hall–Kier alpha value is 1.52. The predicted octanol–water partition coefficient (Wildman–Crippen LogP) is -0.799. The van der Waals surface area contributed by atoms with E-state index in [1.807, 2.05) is 0 Å². The maximum Gasteiger partial charge on any atom is 1.00 e. The first-order valence-electron chi connectivity index (χ1n) is 1.66. The van der Waals surface area contributed by atoms with Crippen LogP contribution in [0, 0.1) is 0 Å². The predicted molar refractivity (Wildman–Crippen MR) is 35.7 cm³/mol. The van der Waals surface area contributed by atoms with Crippen LogP contribution in [0.4, 0.5) is 0 Å². The molecular weight excluding hydrogens is 217 g/mol. The number of nitrogens with one attached hydrogen (secondary N) is 1. The van der Waals surface area contributed by atoms with E-state index in [1.54, 1.807) is 0 Å². The monoisotopic (exact) mass is 221 g/mol. The summed E-state index contributed by atoms with van der Waals surface area (Å²) in [6, 6.07) is 0. The van der Waals surface area contributed by atoms with Crippen LogP contribution in [0.5, 0.6) is 0 Å². The van der Waals surface area contributed by atoms with Gasteiger partial charge in [0.2, 0.25) is 0 Å². The Morgan fingerprint density at radius 1 is 1.57 bits per heavy atom. The molecule has 0 saturated heterocycles. The van der Waals surface area contributed by atoms with Crippen molar-refractivity contribution in [3.63, 3.8) is 0 Å². The minimum absolute atomic E-state index is 0. The number of hydrogen-bond donors (Lipinski definition) is 0. The molecule has 1 unspecified atom stereocenters. The van der Waals surface area contributed by atoms with Gasteiger partial charge in [0.1, 0.15) is 0 Å². The van der Waals surface area contributed by atoms with E-state index in [1.165, 1.54) is 0 Å². The van der Waals surface area contributed by atoms with Crippen LogP contribution < -0.4 is 18.9 Å². The van der Waals surface area contributed by atoms with Gasteiger partial charge in [-0.25, -0.2) is 0 Å². The van der Waals surface area contributed by atoms with E-state index in [0.29, 0.717) is 11.4 Å². The molecule has 4 heteroatoms. The Labute approximate surface area is 72.8 Å². The van der Waals surface area contributed by atoms with Crippen molar-refractivity contribution < 1.29 is 18.9 Å². The molecule has 7 heavy (non-hydrogen) atoms. The van der Waals surface area contributed by atoms with E-state index >= 15 is 0 Å². The van der Waals surface area contributed by atoms with Gasteiger partial charge in [0, 0.05) is 10.2 Å². The standard InChI is InChI=1S/C3H6Br2N.Li/c4-1-3(5)2-6;/h3,6H,1-2H2;/q-1;+1. The quantitative estimate of drug-likeness (QED) is 0.432. The fourth-order valence-electron chi connectivity index (χ4n) is 0.0546. The SMILES string of the molecule is [Li+].[NH-]CC(Br)CBr. The molecule has 0 heterocycles. The van der Waals surface area contributed by atoms with Crippen LogP contribution in [0.2, 0.25) is 0 Å². The van der Waals surface area contributed by atoms with Gasteiger partial charge in [-0.1, -0.05) is 31.9 Å². The molecular formula is C3H6Br2LiN. The summed E-state index contributed by atoms with van der Waals surface area (Å²) in [6.07, 6.45) is 0. The second kappa shape index (κ2) is 7.52. The van der Waals surface area contributed by atoms with Crippen molar-refractivity contribution in [1.29, 1.82) is 0 Å². The van der Waals surface area contributed by atoms with Crippen molar-refractivity contribution in [2.75, 3.05) is 11.9 Å². The summed E-state index contributed by atoms with van der Waals surface area (Å²) in [6.45, 7) is 0.450. The van der Waals surface area contributed by atoms with E-state index in [4.69, 9.17) is 5.73 Å². The third-order valence-electron chi connectivity index (χ3n) is 0.389. The van der Waals surface area contributed by atoms with Crippen molar-refractivity contribution >= 4 is 31.9 Å². The van der Waals surface area contributed by atoms with Gasteiger partial charge in [-0.2, -0.15) is 0 Å². The molecule has 38 valence electrons. The third kappa shape index (κ3) is 7.52. The zero-order valence-electron chi connectivity index (χ0n) is 4.25. The van der Waals surface area contributed by atoms with Crippen molar-refractivity contribution in [3.8, 4) is 0 Å². The summed E-state index contributed by atoms with van der Waals surface area (Å²) in [5, 5.41) is 0.872. The first kappa shape index (κ1) is 11.3. The fraction of sp³-hybridized carbons (Fsp3) is 1.00. The maximum atomic E-state index is 6.73. The summed E-state index contributed by atoms with van der Waals surface area (Å²) < 4.78 is 0. The van der Waals surface area contributed by atoms with Crippen molar-refractivity contribution in [3.05, 3.63) is 5.73 Å². The Bertz CT molecular complexity index is 32.1. The van der Waals surface area contributed by atoms with Gasteiger partial charge >= 0.3 is 18.9 Å². The molecule has 0 aromatic heterocycles. The molecule has 1 N–H and O–H groups in total. The van der Waals surface area contributed by atoms with Gasteiger partial charge in [0.15, 0.2) is 0 Å². The first-order valence-corrected chi connectivity index (χ1v) is 3.69. The van der Waals surface area contributed by atoms with Crippen LogP contribution in [-0.4, -0.2) is 16.7 Å². The zero-order valence-corrected chi connectivity index (χ0v) is 7.42. The van der Waals surface area contributed by atoms with Crippen LogP contribution in [-0.2, 0) is 0 Å². The molecule has 0 amide bonds. The van der Waals surface area contributed by atoms with Crippen LogP contribution in [0.3, 0.4) is 0 Å². The number of hydrogen-bond acceptors (Lipinski definition) is 0. The number of rotatable bonds is 2. The molecule has 0 aromatic carbocycles. The van der Waals surface area contributed by atoms with Gasteiger partial charge in [-0.05, 0) is 0 Å². The van der Waals surface area contributed by atoms with E-state index in [2.05, 4.69) is 31.9 Å². The van der Waals surface area contributed by atoms with E-state index in [-0.39, 0.29) is 18.9 Å². The van der Waals surface area contributed by atoms with Crippen LogP contribution >= 0.6 is 31.9 Å². The molecule has 0 rings (SSSR count). The van der Waals surface area contributed by atoms with Crippen LogP contribution in [0.15, 0.2) is 0 Å². The summed E-state index contributed by atoms with van der Waals surface area (Å²) in [7, 11) is 0.